The van der Waals surface area contributed by atoms with E-state index in [2.05, 4.69) is 5.10 Å². The number of carbonyl (C=O) groups is 1. The van der Waals surface area contributed by atoms with E-state index in [4.69, 9.17) is 0 Å². The fourth-order valence-electron chi connectivity index (χ4n) is 2.48. The maximum absolute atomic E-state index is 12.6. The Hall–Kier alpha value is -3.10. The maximum Gasteiger partial charge on any atom is 0.416 e. The third-order valence-electron chi connectivity index (χ3n) is 3.90. The molecule has 0 saturated heterocycles. The molecule has 2 aromatic heterocycles. The maximum atomic E-state index is 12.6. The molecule has 136 valence electrons. The molecule has 3 aromatic rings. The van der Waals surface area contributed by atoms with Crippen LogP contribution in [0.4, 0.5) is 13.2 Å². The highest BCUT2D eigenvalue weighted by Gasteiger charge is 2.30. The van der Waals surface area contributed by atoms with Crippen molar-refractivity contribution in [1.82, 2.24) is 19.1 Å². The molecule has 9 heteroatoms. The molecular weight excluding hydrogens is 349 g/mol. The first-order valence-corrected chi connectivity index (χ1v) is 7.70. The number of nitrogens with zero attached hydrogens (tertiary/aromatic N) is 4. The quantitative estimate of drug-likeness (QED) is 0.713. The SMILES string of the molecule is CN(Cc1ccc(C(F)(F)F)cc1)C(=O)Cn1nc2ccccn2c1=O. The van der Waals surface area contributed by atoms with Crippen molar-refractivity contribution in [2.75, 3.05) is 7.05 Å². The Labute approximate surface area is 146 Å². The van der Waals surface area contributed by atoms with Gasteiger partial charge in [0.15, 0.2) is 5.65 Å². The average molecular weight is 364 g/mol. The lowest BCUT2D eigenvalue weighted by Crippen LogP contribution is -2.34. The van der Waals surface area contributed by atoms with Crippen LogP contribution in [-0.2, 0) is 24.1 Å². The lowest BCUT2D eigenvalue weighted by Gasteiger charge is -2.17. The molecule has 0 N–H and O–H groups in total. The summed E-state index contributed by atoms with van der Waals surface area (Å²) in [4.78, 5) is 25.8. The van der Waals surface area contributed by atoms with Gasteiger partial charge in [0.2, 0.25) is 5.91 Å². The molecule has 3 rings (SSSR count). The molecule has 0 aliphatic heterocycles. The van der Waals surface area contributed by atoms with Crippen molar-refractivity contribution in [2.24, 2.45) is 0 Å². The van der Waals surface area contributed by atoms with E-state index in [1.165, 1.54) is 28.5 Å². The van der Waals surface area contributed by atoms with Gasteiger partial charge in [0, 0.05) is 19.8 Å². The van der Waals surface area contributed by atoms with Crippen LogP contribution in [0.15, 0.2) is 53.5 Å². The lowest BCUT2D eigenvalue weighted by atomic mass is 10.1. The van der Waals surface area contributed by atoms with Gasteiger partial charge in [0.1, 0.15) is 6.54 Å². The standard InChI is InChI=1S/C17H15F3N4O2/c1-22(10-12-5-7-13(8-6-12)17(18,19)20)15(25)11-24-16(26)23-9-3-2-4-14(23)21-24/h2-9H,10-11H2,1H3. The van der Waals surface area contributed by atoms with Gasteiger partial charge >= 0.3 is 11.9 Å². The smallest absolute Gasteiger partial charge is 0.340 e. The monoisotopic (exact) mass is 364 g/mol. The van der Waals surface area contributed by atoms with Gasteiger partial charge in [-0.15, -0.1) is 5.10 Å². The van der Waals surface area contributed by atoms with Gasteiger partial charge < -0.3 is 4.90 Å². The van der Waals surface area contributed by atoms with Crippen molar-refractivity contribution in [2.45, 2.75) is 19.3 Å². The molecule has 1 aromatic carbocycles. The Morgan fingerprint density at radius 2 is 1.85 bits per heavy atom. The van der Waals surface area contributed by atoms with Crippen molar-refractivity contribution in [1.29, 1.82) is 0 Å². The Morgan fingerprint density at radius 3 is 2.46 bits per heavy atom. The van der Waals surface area contributed by atoms with Gasteiger partial charge in [0.25, 0.3) is 0 Å². The molecule has 6 nitrogen and oxygen atoms in total. The molecule has 2 heterocycles. The molecule has 26 heavy (non-hydrogen) atoms. The third kappa shape index (κ3) is 3.61. The van der Waals surface area contributed by atoms with E-state index in [1.54, 1.807) is 24.4 Å². The average Bonchev–Trinajstić information content (AvgIpc) is 2.91. The summed E-state index contributed by atoms with van der Waals surface area (Å²) in [7, 11) is 1.51. The molecule has 0 aliphatic rings. The number of pyridine rings is 1. The number of halogens is 3. The van der Waals surface area contributed by atoms with Crippen LogP contribution >= 0.6 is 0 Å². The van der Waals surface area contributed by atoms with Crippen LogP contribution in [0.25, 0.3) is 5.65 Å². The number of benzene rings is 1. The molecule has 0 bridgehead atoms. The lowest BCUT2D eigenvalue weighted by molar-refractivity contribution is -0.137. The number of alkyl halides is 3. The summed E-state index contributed by atoms with van der Waals surface area (Å²) in [5.41, 5.74) is -0.199. The number of carbonyl (C=O) groups excluding carboxylic acids is 1. The number of likely N-dealkylation sites (N-methyl/N-ethyl adjacent to an activating group) is 1. The molecule has 0 spiro atoms. The number of hydrogen-bond acceptors (Lipinski definition) is 3. The van der Waals surface area contributed by atoms with Crippen LogP contribution in [0, 0.1) is 0 Å². The van der Waals surface area contributed by atoms with E-state index in [0.717, 1.165) is 16.8 Å². The third-order valence-corrected chi connectivity index (χ3v) is 3.90. The second-order valence-corrected chi connectivity index (χ2v) is 5.81. The highest BCUT2D eigenvalue weighted by atomic mass is 19.4. The summed E-state index contributed by atoms with van der Waals surface area (Å²) < 4.78 is 40.1. The highest BCUT2D eigenvalue weighted by molar-refractivity contribution is 5.75. The van der Waals surface area contributed by atoms with E-state index in [9.17, 15) is 22.8 Å². The zero-order chi connectivity index (χ0) is 18.9. The normalized spacial score (nSPS) is 11.7. The van der Waals surface area contributed by atoms with Crippen molar-refractivity contribution >= 4 is 11.6 Å². The fraction of sp³-hybridized carbons (Fsp3) is 0.235. The summed E-state index contributed by atoms with van der Waals surface area (Å²) >= 11 is 0. The van der Waals surface area contributed by atoms with Gasteiger partial charge in [-0.1, -0.05) is 18.2 Å². The first-order chi connectivity index (χ1) is 12.3. The number of fused-ring (bicyclic) bond motifs is 1. The number of aromatic nitrogens is 3. The van der Waals surface area contributed by atoms with E-state index < -0.39 is 17.4 Å². The van der Waals surface area contributed by atoms with Crippen LogP contribution in [0.2, 0.25) is 0 Å². The van der Waals surface area contributed by atoms with E-state index in [-0.39, 0.29) is 19.0 Å². The first-order valence-electron chi connectivity index (χ1n) is 7.70. The molecular formula is C17H15F3N4O2. The topological polar surface area (TPSA) is 59.6 Å². The number of amides is 1. The Bertz CT molecular complexity index is 990. The zero-order valence-electron chi connectivity index (χ0n) is 13.8. The van der Waals surface area contributed by atoms with Crippen molar-refractivity contribution in [3.63, 3.8) is 0 Å². The van der Waals surface area contributed by atoms with Gasteiger partial charge in [-0.3, -0.25) is 9.20 Å². The molecule has 0 atom stereocenters. The Kier molecular flexibility index (Phi) is 4.54. The van der Waals surface area contributed by atoms with Crippen LogP contribution < -0.4 is 5.69 Å². The number of hydrogen-bond donors (Lipinski definition) is 0. The summed E-state index contributed by atoms with van der Waals surface area (Å²) in [5, 5.41) is 4.07. The van der Waals surface area contributed by atoms with Crippen molar-refractivity contribution in [3.05, 3.63) is 70.3 Å². The summed E-state index contributed by atoms with van der Waals surface area (Å²) in [6.45, 7) is -0.128. The zero-order valence-corrected chi connectivity index (χ0v) is 13.8. The van der Waals surface area contributed by atoms with Gasteiger partial charge in [-0.2, -0.15) is 13.2 Å². The largest absolute Gasteiger partial charge is 0.416 e. The molecule has 0 radical (unpaired) electrons. The van der Waals surface area contributed by atoms with Crippen LogP contribution in [-0.4, -0.2) is 32.0 Å². The minimum atomic E-state index is -4.40. The minimum absolute atomic E-state index is 0.124. The second-order valence-electron chi connectivity index (χ2n) is 5.81. The van der Waals surface area contributed by atoms with Crippen LogP contribution in [0.5, 0.6) is 0 Å². The summed E-state index contributed by atoms with van der Waals surface area (Å²) in [5.74, 6) is -0.379. The molecule has 0 aliphatic carbocycles. The minimum Gasteiger partial charge on any atom is -0.340 e. The molecule has 1 amide bonds. The second kappa shape index (κ2) is 6.66. The summed E-state index contributed by atoms with van der Waals surface area (Å²) in [6, 6.07) is 9.64. The van der Waals surface area contributed by atoms with Crippen molar-refractivity contribution in [3.8, 4) is 0 Å². The predicted molar refractivity (Wildman–Crippen MR) is 87.4 cm³/mol. The molecule has 0 fully saturated rings. The predicted octanol–water partition coefficient (Wildman–Crippen LogP) is 2.17. The van der Waals surface area contributed by atoms with Gasteiger partial charge in [0.05, 0.1) is 5.56 Å². The van der Waals surface area contributed by atoms with Gasteiger partial charge in [-0.05, 0) is 29.8 Å². The van der Waals surface area contributed by atoms with Crippen molar-refractivity contribution < 1.29 is 18.0 Å². The highest BCUT2D eigenvalue weighted by Crippen LogP contribution is 2.29. The summed E-state index contributed by atoms with van der Waals surface area (Å²) in [6.07, 6.45) is -2.85. The molecule has 0 unspecified atom stereocenters. The Morgan fingerprint density at radius 1 is 1.15 bits per heavy atom. The van der Waals surface area contributed by atoms with Gasteiger partial charge in [-0.25, -0.2) is 9.48 Å². The Balaban J connectivity index is 1.69. The van der Waals surface area contributed by atoms with E-state index in [1.807, 2.05) is 0 Å². The molecule has 0 saturated carbocycles. The number of rotatable bonds is 4. The first kappa shape index (κ1) is 17.7. The van der Waals surface area contributed by atoms with Crippen LogP contribution in [0.1, 0.15) is 11.1 Å². The fourth-order valence-corrected chi connectivity index (χ4v) is 2.48. The van der Waals surface area contributed by atoms with Crippen LogP contribution in [0.3, 0.4) is 0 Å². The van der Waals surface area contributed by atoms with E-state index >= 15 is 0 Å². The van der Waals surface area contributed by atoms with E-state index in [0.29, 0.717) is 11.2 Å².